The second kappa shape index (κ2) is 8.75. The number of anilines is 1. The predicted octanol–water partition coefficient (Wildman–Crippen LogP) is 5.35. The molecule has 0 bridgehead atoms. The molecule has 1 N–H and O–H groups in total. The summed E-state index contributed by atoms with van der Waals surface area (Å²) < 4.78 is 19.8. The molecule has 2 atom stereocenters. The van der Waals surface area contributed by atoms with Gasteiger partial charge in [-0.25, -0.2) is 4.39 Å². The van der Waals surface area contributed by atoms with Gasteiger partial charge in [-0.1, -0.05) is 30.3 Å². The summed E-state index contributed by atoms with van der Waals surface area (Å²) >= 11 is 0. The molecule has 5 rings (SSSR count). The van der Waals surface area contributed by atoms with Crippen LogP contribution in [-0.4, -0.2) is 24.5 Å². The number of carbonyl (C=O) groups is 1. The number of fused-ring (bicyclic) bond motifs is 1. The van der Waals surface area contributed by atoms with Crippen molar-refractivity contribution < 1.29 is 19.0 Å². The van der Waals surface area contributed by atoms with Crippen LogP contribution in [0.4, 0.5) is 10.1 Å². The summed E-state index contributed by atoms with van der Waals surface area (Å²) in [7, 11) is 0. The maximum Gasteiger partial charge on any atom is 0.123 e. The van der Waals surface area contributed by atoms with Crippen molar-refractivity contribution in [1.82, 2.24) is 0 Å². The van der Waals surface area contributed by atoms with Crippen molar-refractivity contribution in [2.24, 2.45) is 5.92 Å². The Morgan fingerprint density at radius 2 is 1.62 bits per heavy atom. The Hall–Kier alpha value is -3.18. The van der Waals surface area contributed by atoms with Crippen molar-refractivity contribution in [2.45, 2.75) is 31.5 Å². The molecule has 2 aliphatic rings. The number of hydrogen-bond donors (Lipinski definition) is 1. The zero-order valence-corrected chi connectivity index (χ0v) is 17.8. The molecule has 0 aromatic heterocycles. The molecule has 0 unspecified atom stereocenters. The Kier molecular flexibility index (Phi) is 5.66. The largest absolute Gasteiger partial charge is 0.508 e. The summed E-state index contributed by atoms with van der Waals surface area (Å²) in [5, 5.41) is 9.95. The van der Waals surface area contributed by atoms with Gasteiger partial charge in [-0.2, -0.15) is 0 Å². The van der Waals surface area contributed by atoms with Gasteiger partial charge in [-0.15, -0.1) is 0 Å². The molecule has 0 amide bonds. The second-order valence-electron chi connectivity index (χ2n) is 8.70. The van der Waals surface area contributed by atoms with Crippen LogP contribution in [0, 0.1) is 11.7 Å². The molecule has 0 radical (unpaired) electrons. The number of ether oxygens (including phenoxy) is 1. The fraction of sp³-hybridized carbons (Fsp3) is 0.296. The number of rotatable bonds is 4. The Morgan fingerprint density at radius 3 is 2.31 bits per heavy atom. The highest BCUT2D eigenvalue weighted by Crippen LogP contribution is 2.45. The molecule has 0 saturated carbocycles. The van der Waals surface area contributed by atoms with E-state index >= 15 is 0 Å². The smallest absolute Gasteiger partial charge is 0.123 e. The quantitative estimate of drug-likeness (QED) is 0.566. The third-order valence-corrected chi connectivity index (χ3v) is 6.73. The number of phenols is 1. The van der Waals surface area contributed by atoms with Gasteiger partial charge in [0.2, 0.25) is 0 Å². The van der Waals surface area contributed by atoms with Gasteiger partial charge in [0.15, 0.2) is 0 Å². The molecule has 1 fully saturated rings. The highest BCUT2D eigenvalue weighted by molar-refractivity contribution is 5.56. The van der Waals surface area contributed by atoms with E-state index < -0.39 is 0 Å². The Morgan fingerprint density at radius 1 is 0.938 bits per heavy atom. The van der Waals surface area contributed by atoms with E-state index in [0.717, 1.165) is 60.2 Å². The van der Waals surface area contributed by atoms with Crippen LogP contribution in [0.5, 0.6) is 5.75 Å². The van der Waals surface area contributed by atoms with Crippen LogP contribution in [0.15, 0.2) is 66.7 Å². The SMILES string of the molecule is O=CC1CCN(c2ccc([C@H]3c4ccc(O)cc4CO[C@H]3c3ccc(F)cc3)cc2)CC1. The van der Waals surface area contributed by atoms with Crippen LogP contribution in [0.1, 0.15) is 47.1 Å². The number of carbonyl (C=O) groups excluding carboxylic acids is 1. The molecule has 3 aromatic carbocycles. The van der Waals surface area contributed by atoms with Gasteiger partial charge >= 0.3 is 0 Å². The van der Waals surface area contributed by atoms with Crippen LogP contribution >= 0.6 is 0 Å². The number of hydrogen-bond acceptors (Lipinski definition) is 4. The topological polar surface area (TPSA) is 49.8 Å². The number of phenolic OH excluding ortho intramolecular Hbond substituents is 1. The molecule has 3 aromatic rings. The fourth-order valence-electron chi connectivity index (χ4n) is 4.94. The first-order valence-electron chi connectivity index (χ1n) is 11.1. The third-order valence-electron chi connectivity index (χ3n) is 6.73. The average Bonchev–Trinajstić information content (AvgIpc) is 2.84. The van der Waals surface area contributed by atoms with E-state index in [1.165, 1.54) is 12.1 Å². The zero-order chi connectivity index (χ0) is 22.1. The lowest BCUT2D eigenvalue weighted by Gasteiger charge is -2.35. The average molecular weight is 432 g/mol. The molecular formula is C27H26FNO3. The van der Waals surface area contributed by atoms with Crippen LogP contribution < -0.4 is 4.90 Å². The van der Waals surface area contributed by atoms with Crippen molar-refractivity contribution in [3.05, 3.63) is 94.8 Å². The van der Waals surface area contributed by atoms with Gasteiger partial charge in [0, 0.05) is 30.6 Å². The van der Waals surface area contributed by atoms with Crippen molar-refractivity contribution in [3.63, 3.8) is 0 Å². The van der Waals surface area contributed by atoms with Crippen molar-refractivity contribution >= 4 is 12.0 Å². The molecular weight excluding hydrogens is 405 g/mol. The number of aldehydes is 1. The molecule has 2 aliphatic heterocycles. The van der Waals surface area contributed by atoms with Gasteiger partial charge < -0.3 is 19.5 Å². The number of benzene rings is 3. The van der Waals surface area contributed by atoms with Crippen LogP contribution in [-0.2, 0) is 16.1 Å². The van der Waals surface area contributed by atoms with Crippen LogP contribution in [0.2, 0.25) is 0 Å². The van der Waals surface area contributed by atoms with E-state index in [9.17, 15) is 14.3 Å². The maximum absolute atomic E-state index is 13.5. The van der Waals surface area contributed by atoms with E-state index in [2.05, 4.69) is 29.2 Å². The minimum atomic E-state index is -0.269. The van der Waals surface area contributed by atoms with Crippen molar-refractivity contribution in [2.75, 3.05) is 18.0 Å². The number of piperidine rings is 1. The molecule has 0 aliphatic carbocycles. The molecule has 164 valence electrons. The first-order valence-corrected chi connectivity index (χ1v) is 11.1. The summed E-state index contributed by atoms with van der Waals surface area (Å²) in [4.78, 5) is 13.4. The molecule has 0 spiro atoms. The minimum absolute atomic E-state index is 0.0698. The van der Waals surface area contributed by atoms with Crippen molar-refractivity contribution in [1.29, 1.82) is 0 Å². The lowest BCUT2D eigenvalue weighted by atomic mass is 9.79. The monoisotopic (exact) mass is 431 g/mol. The summed E-state index contributed by atoms with van der Waals surface area (Å²) in [6.45, 7) is 2.16. The second-order valence-corrected chi connectivity index (χ2v) is 8.70. The van der Waals surface area contributed by atoms with Gasteiger partial charge in [0.05, 0.1) is 12.7 Å². The van der Waals surface area contributed by atoms with Crippen LogP contribution in [0.25, 0.3) is 0 Å². The van der Waals surface area contributed by atoms with Gasteiger partial charge in [0.1, 0.15) is 17.9 Å². The number of halogens is 1. The summed E-state index contributed by atoms with van der Waals surface area (Å²) in [6, 6.07) is 20.5. The highest BCUT2D eigenvalue weighted by Gasteiger charge is 2.33. The van der Waals surface area contributed by atoms with Gasteiger partial charge in [-0.3, -0.25) is 0 Å². The van der Waals surface area contributed by atoms with E-state index in [0.29, 0.717) is 6.61 Å². The molecule has 32 heavy (non-hydrogen) atoms. The zero-order valence-electron chi connectivity index (χ0n) is 17.8. The minimum Gasteiger partial charge on any atom is -0.508 e. The molecule has 4 nitrogen and oxygen atoms in total. The lowest BCUT2D eigenvalue weighted by Crippen LogP contribution is -2.34. The van der Waals surface area contributed by atoms with Gasteiger partial charge in [-0.05, 0) is 71.5 Å². The van der Waals surface area contributed by atoms with Gasteiger partial charge in [0.25, 0.3) is 0 Å². The third kappa shape index (κ3) is 4.00. The Labute approximate surface area is 187 Å². The first kappa shape index (κ1) is 20.7. The van der Waals surface area contributed by atoms with E-state index in [4.69, 9.17) is 4.74 Å². The summed E-state index contributed by atoms with van der Waals surface area (Å²) in [5.41, 5.74) is 5.27. The van der Waals surface area contributed by atoms with E-state index in [1.54, 1.807) is 24.3 Å². The van der Waals surface area contributed by atoms with E-state index in [1.807, 2.05) is 6.07 Å². The number of nitrogens with zero attached hydrogens (tertiary/aromatic N) is 1. The molecule has 2 heterocycles. The standard InChI is InChI=1S/C27H26FNO3/c28-22-5-1-20(2-6-22)27-26(25-10-9-24(31)15-21(25)17-32-27)19-3-7-23(8-4-19)29-13-11-18(16-30)12-14-29/h1-10,15-16,18,26-27,31H,11-14,17H2/t26-,27-/m0/s1. The molecule has 5 heteroatoms. The van der Waals surface area contributed by atoms with Crippen molar-refractivity contribution in [3.8, 4) is 5.75 Å². The maximum atomic E-state index is 13.5. The highest BCUT2D eigenvalue weighted by atomic mass is 19.1. The predicted molar refractivity (Wildman–Crippen MR) is 121 cm³/mol. The first-order chi connectivity index (χ1) is 15.6. The van der Waals surface area contributed by atoms with Crippen LogP contribution in [0.3, 0.4) is 0 Å². The Balaban J connectivity index is 1.48. The molecule has 1 saturated heterocycles. The van der Waals surface area contributed by atoms with E-state index in [-0.39, 0.29) is 29.5 Å². The number of aromatic hydroxyl groups is 1. The Bertz CT molecular complexity index is 1090. The lowest BCUT2D eigenvalue weighted by molar-refractivity contribution is -0.111. The summed E-state index contributed by atoms with van der Waals surface area (Å²) in [6.07, 6.45) is 2.62. The summed E-state index contributed by atoms with van der Waals surface area (Å²) in [5.74, 6) is 0.0588. The normalized spacial score (nSPS) is 21.2. The fourth-order valence-corrected chi connectivity index (χ4v) is 4.94.